The van der Waals surface area contributed by atoms with Gasteiger partial charge in [-0.15, -0.1) is 10.2 Å². The van der Waals surface area contributed by atoms with Gasteiger partial charge in [-0.05, 0) is 48.5 Å². The number of anilines is 1. The Morgan fingerprint density at radius 3 is 1.91 bits per heavy atom. The summed E-state index contributed by atoms with van der Waals surface area (Å²) in [6.45, 7) is 0. The van der Waals surface area contributed by atoms with Crippen molar-refractivity contribution in [2.45, 2.75) is 9.79 Å². The Morgan fingerprint density at radius 1 is 0.600 bits per heavy atom. The predicted octanol–water partition coefficient (Wildman–Crippen LogP) is 5.75. The summed E-state index contributed by atoms with van der Waals surface area (Å²) in [5.41, 5.74) is 6.59. The summed E-state index contributed by atoms with van der Waals surface area (Å²) >= 11 is 0. The third kappa shape index (κ3) is 5.38. The quantitative estimate of drug-likeness (QED) is 0.167. The van der Waals surface area contributed by atoms with Crippen LogP contribution in [0, 0.1) is 0 Å². The highest BCUT2D eigenvalue weighted by Crippen LogP contribution is 2.37. The highest BCUT2D eigenvalue weighted by Gasteiger charge is 2.19. The van der Waals surface area contributed by atoms with E-state index in [1.807, 2.05) is 0 Å². The van der Waals surface area contributed by atoms with Crippen molar-refractivity contribution in [2.75, 3.05) is 5.73 Å². The minimum Gasteiger partial charge on any atom is -0.398 e. The number of nitrogen functional groups attached to an aromatic ring is 1. The molecule has 4 N–H and O–H groups in total. The van der Waals surface area contributed by atoms with E-state index in [0.29, 0.717) is 11.1 Å². The van der Waals surface area contributed by atoms with Crippen molar-refractivity contribution in [1.29, 1.82) is 0 Å². The molecule has 0 bridgehead atoms. The lowest BCUT2D eigenvalue weighted by Crippen LogP contribution is -2.00. The fourth-order valence-corrected chi connectivity index (χ4v) is 4.61. The first-order valence-electron chi connectivity index (χ1n) is 9.83. The number of nitrogens with zero attached hydrogens (tertiary/aromatic N) is 4. The van der Waals surface area contributed by atoms with E-state index in [9.17, 15) is 25.9 Å². The summed E-state index contributed by atoms with van der Waals surface area (Å²) in [4.78, 5) is -1.02. The SMILES string of the molecule is Nc1ccc(N=Nc2ccc(N=Nc3ccccc3)cc2S(=O)(=O)O)c2c(S(=O)(=O)O)cccc12. The Balaban J connectivity index is 1.81. The summed E-state index contributed by atoms with van der Waals surface area (Å²) < 4.78 is 67.1. The average Bonchev–Trinajstić information content (AvgIpc) is 2.82. The van der Waals surface area contributed by atoms with Gasteiger partial charge in [0.15, 0.2) is 0 Å². The molecule has 0 aliphatic heterocycles. The molecular formula is C22H17N5O6S2. The van der Waals surface area contributed by atoms with Gasteiger partial charge in [-0.1, -0.05) is 30.3 Å². The Kier molecular flexibility index (Phi) is 6.41. The largest absolute Gasteiger partial charge is 0.398 e. The van der Waals surface area contributed by atoms with Gasteiger partial charge in [-0.2, -0.15) is 27.1 Å². The lowest BCUT2D eigenvalue weighted by atomic mass is 10.1. The van der Waals surface area contributed by atoms with E-state index in [0.717, 1.165) is 6.07 Å². The predicted molar refractivity (Wildman–Crippen MR) is 129 cm³/mol. The molecule has 0 aliphatic rings. The number of benzene rings is 4. The fraction of sp³-hybridized carbons (Fsp3) is 0. The zero-order chi connectivity index (χ0) is 25.2. The van der Waals surface area contributed by atoms with Crippen molar-refractivity contribution in [3.8, 4) is 0 Å². The lowest BCUT2D eigenvalue weighted by Gasteiger charge is -2.09. The number of azo groups is 2. The van der Waals surface area contributed by atoms with Gasteiger partial charge in [0, 0.05) is 16.5 Å². The maximum Gasteiger partial charge on any atom is 0.296 e. The second-order valence-electron chi connectivity index (χ2n) is 7.19. The van der Waals surface area contributed by atoms with Crippen LogP contribution < -0.4 is 5.73 Å². The van der Waals surface area contributed by atoms with Crippen molar-refractivity contribution in [2.24, 2.45) is 20.5 Å². The van der Waals surface area contributed by atoms with Crippen molar-refractivity contribution >= 4 is 59.4 Å². The van der Waals surface area contributed by atoms with Gasteiger partial charge in [0.1, 0.15) is 15.5 Å². The summed E-state index contributed by atoms with van der Waals surface area (Å²) in [5, 5.41) is 16.1. The molecule has 0 saturated carbocycles. The molecule has 0 radical (unpaired) electrons. The molecule has 178 valence electrons. The van der Waals surface area contributed by atoms with Crippen LogP contribution in [0.4, 0.5) is 28.4 Å². The molecular weight excluding hydrogens is 494 g/mol. The van der Waals surface area contributed by atoms with Gasteiger partial charge in [-0.3, -0.25) is 9.11 Å². The first-order chi connectivity index (χ1) is 16.5. The molecule has 0 aliphatic carbocycles. The third-order valence-electron chi connectivity index (χ3n) is 4.82. The molecule has 0 unspecified atom stereocenters. The average molecular weight is 512 g/mol. The van der Waals surface area contributed by atoms with Crippen LogP contribution in [-0.2, 0) is 20.2 Å². The zero-order valence-electron chi connectivity index (χ0n) is 17.7. The van der Waals surface area contributed by atoms with Gasteiger partial charge in [-0.25, -0.2) is 0 Å². The van der Waals surface area contributed by atoms with E-state index in [2.05, 4.69) is 20.5 Å². The van der Waals surface area contributed by atoms with Crippen LogP contribution in [0.15, 0.2) is 109 Å². The smallest absolute Gasteiger partial charge is 0.296 e. The summed E-state index contributed by atoms with van der Waals surface area (Å²) in [6, 6.07) is 19.4. The highest BCUT2D eigenvalue weighted by molar-refractivity contribution is 7.86. The molecule has 11 nitrogen and oxygen atoms in total. The van der Waals surface area contributed by atoms with Crippen LogP contribution in [0.2, 0.25) is 0 Å². The number of hydrogen-bond donors (Lipinski definition) is 3. The molecule has 35 heavy (non-hydrogen) atoms. The molecule has 0 saturated heterocycles. The lowest BCUT2D eigenvalue weighted by molar-refractivity contribution is 0.481. The molecule has 0 fully saturated rings. The van der Waals surface area contributed by atoms with Crippen LogP contribution in [0.1, 0.15) is 0 Å². The monoisotopic (exact) mass is 511 g/mol. The van der Waals surface area contributed by atoms with Crippen molar-refractivity contribution < 1.29 is 25.9 Å². The Bertz CT molecular complexity index is 1700. The molecule has 0 amide bonds. The maximum atomic E-state index is 12.0. The number of rotatable bonds is 6. The maximum absolute atomic E-state index is 12.0. The molecule has 0 heterocycles. The number of fused-ring (bicyclic) bond motifs is 1. The third-order valence-corrected chi connectivity index (χ3v) is 6.59. The Hall–Kier alpha value is -4.04. The molecule has 0 atom stereocenters. The van der Waals surface area contributed by atoms with E-state index in [4.69, 9.17) is 5.73 Å². The highest BCUT2D eigenvalue weighted by atomic mass is 32.2. The Labute approximate surface area is 200 Å². The second kappa shape index (κ2) is 9.31. The fourth-order valence-electron chi connectivity index (χ4n) is 3.25. The van der Waals surface area contributed by atoms with Crippen LogP contribution in [0.3, 0.4) is 0 Å². The topological polar surface area (TPSA) is 184 Å². The number of nitrogens with two attached hydrogens (primary N) is 1. The van der Waals surface area contributed by atoms with Crippen LogP contribution in [0.5, 0.6) is 0 Å². The van der Waals surface area contributed by atoms with E-state index in [1.54, 1.807) is 30.3 Å². The van der Waals surface area contributed by atoms with Gasteiger partial charge >= 0.3 is 0 Å². The molecule has 4 aromatic rings. The van der Waals surface area contributed by atoms with Crippen molar-refractivity contribution in [3.63, 3.8) is 0 Å². The van der Waals surface area contributed by atoms with Crippen molar-refractivity contribution in [3.05, 3.63) is 78.9 Å². The zero-order valence-corrected chi connectivity index (χ0v) is 19.3. The molecule has 4 rings (SSSR count). The van der Waals surface area contributed by atoms with Gasteiger partial charge in [0.05, 0.1) is 17.1 Å². The van der Waals surface area contributed by atoms with Crippen LogP contribution >= 0.6 is 0 Å². The van der Waals surface area contributed by atoms with Crippen LogP contribution in [0.25, 0.3) is 10.8 Å². The first kappa shape index (κ1) is 24.1. The summed E-state index contributed by atoms with van der Waals surface area (Å²) in [5.74, 6) is 0. The first-order valence-corrected chi connectivity index (χ1v) is 12.7. The van der Waals surface area contributed by atoms with E-state index >= 15 is 0 Å². The summed E-state index contributed by atoms with van der Waals surface area (Å²) in [7, 11) is -9.37. The minimum absolute atomic E-state index is 0.000405. The second-order valence-corrected chi connectivity index (χ2v) is 9.97. The van der Waals surface area contributed by atoms with Crippen LogP contribution in [-0.4, -0.2) is 25.9 Å². The molecule has 0 aromatic heterocycles. The molecule has 13 heteroatoms. The molecule has 4 aromatic carbocycles. The minimum atomic E-state index is -4.74. The normalized spacial score (nSPS) is 12.6. The van der Waals surface area contributed by atoms with E-state index in [1.165, 1.54) is 42.5 Å². The van der Waals surface area contributed by atoms with Gasteiger partial charge < -0.3 is 5.73 Å². The van der Waals surface area contributed by atoms with Crippen molar-refractivity contribution in [1.82, 2.24) is 0 Å². The van der Waals surface area contributed by atoms with E-state index in [-0.39, 0.29) is 28.1 Å². The molecule has 0 spiro atoms. The Morgan fingerprint density at radius 2 is 1.23 bits per heavy atom. The van der Waals surface area contributed by atoms with E-state index < -0.39 is 30.0 Å². The standard InChI is InChI=1S/C22H17N5O6S2/c23-17-10-12-19(22-16(17)7-4-8-20(22)34(28,29)30)27-26-18-11-9-15(13-21(18)35(31,32)33)25-24-14-5-2-1-3-6-14/h1-13H,23H2,(H,28,29,30)(H,31,32,33). The summed E-state index contributed by atoms with van der Waals surface area (Å²) in [6.07, 6.45) is 0. The van der Waals surface area contributed by atoms with Gasteiger partial charge in [0.2, 0.25) is 0 Å². The van der Waals surface area contributed by atoms with Gasteiger partial charge in [0.25, 0.3) is 20.2 Å². The number of hydrogen-bond acceptors (Lipinski definition) is 9.